The summed E-state index contributed by atoms with van der Waals surface area (Å²) < 4.78 is 13.5. The van der Waals surface area contributed by atoms with Crippen molar-refractivity contribution in [3.63, 3.8) is 0 Å². The van der Waals surface area contributed by atoms with E-state index in [0.29, 0.717) is 0 Å². The highest BCUT2D eigenvalue weighted by Gasteiger charge is 2.47. The first-order valence-corrected chi connectivity index (χ1v) is 25.2. The lowest BCUT2D eigenvalue weighted by molar-refractivity contribution is 0.669. The third-order valence-corrected chi connectivity index (χ3v) is 16.1. The predicted octanol–water partition coefficient (Wildman–Crippen LogP) is 19.5. The van der Waals surface area contributed by atoms with Crippen LogP contribution in [0.5, 0.6) is 0 Å². The van der Waals surface area contributed by atoms with Gasteiger partial charge in [0.2, 0.25) is 0 Å². The second-order valence-electron chi connectivity index (χ2n) is 19.7. The van der Waals surface area contributed by atoms with Crippen LogP contribution in [0, 0.1) is 0 Å². The molecular formula is C71H42O2. The van der Waals surface area contributed by atoms with Crippen molar-refractivity contribution >= 4 is 87.0 Å². The Morgan fingerprint density at radius 1 is 0.233 bits per heavy atom. The molecular weight excluding hydrogens is 885 g/mol. The minimum Gasteiger partial charge on any atom is -0.456 e. The van der Waals surface area contributed by atoms with E-state index in [-0.39, 0.29) is 0 Å². The minimum absolute atomic E-state index is 0.553. The van der Waals surface area contributed by atoms with Crippen LogP contribution >= 0.6 is 0 Å². The molecule has 338 valence electrons. The van der Waals surface area contributed by atoms with Gasteiger partial charge >= 0.3 is 0 Å². The second-order valence-corrected chi connectivity index (χ2v) is 19.7. The van der Waals surface area contributed by atoms with E-state index in [1.807, 2.05) is 0 Å². The molecule has 0 amide bonds. The van der Waals surface area contributed by atoms with E-state index >= 15 is 0 Å². The van der Waals surface area contributed by atoms with E-state index in [9.17, 15) is 0 Å². The molecule has 1 aliphatic carbocycles. The predicted molar refractivity (Wildman–Crippen MR) is 305 cm³/mol. The van der Waals surface area contributed by atoms with Crippen LogP contribution < -0.4 is 0 Å². The number of furan rings is 2. The lowest BCUT2D eigenvalue weighted by Gasteiger charge is -2.34. The molecule has 2 heterocycles. The number of benzene rings is 13. The van der Waals surface area contributed by atoms with Gasteiger partial charge in [-0.3, -0.25) is 0 Å². The Morgan fingerprint density at radius 3 is 1.22 bits per heavy atom. The Morgan fingerprint density at radius 2 is 0.644 bits per heavy atom. The number of rotatable bonds is 5. The van der Waals surface area contributed by atoms with Gasteiger partial charge in [-0.1, -0.05) is 224 Å². The molecule has 15 aromatic rings. The molecule has 73 heavy (non-hydrogen) atoms. The molecule has 16 rings (SSSR count). The van der Waals surface area contributed by atoms with Crippen LogP contribution in [0.3, 0.4) is 0 Å². The van der Waals surface area contributed by atoms with Crippen LogP contribution in [0.15, 0.2) is 264 Å². The van der Waals surface area contributed by atoms with Crippen molar-refractivity contribution in [1.82, 2.24) is 0 Å². The third-order valence-electron chi connectivity index (χ3n) is 16.1. The van der Waals surface area contributed by atoms with Gasteiger partial charge in [0.05, 0.1) is 5.41 Å². The fourth-order valence-corrected chi connectivity index (χ4v) is 13.3. The molecule has 0 fully saturated rings. The molecule has 0 unspecified atom stereocenters. The van der Waals surface area contributed by atoms with Crippen LogP contribution in [0.2, 0.25) is 0 Å². The molecule has 0 N–H and O–H groups in total. The molecule has 0 radical (unpaired) electrons. The molecule has 2 heteroatoms. The standard InChI is InChI=1S/C71H42O2/c1-3-20-45(21-4-1)71(46-22-5-2-6-23-46)59-34-12-11-26-55(59)66-56(33-15-35-60(66)71)65-53-29-13-27-49(51-31-16-36-61-69(51)67-47-24-9-7-18-43(47)38-40-63(67)72-61)57(53)42-58-50(28-14-30-54(58)65)52-32-17-37-62-70(52)68-48-25-10-8-19-44(48)39-41-64(68)73-62/h1-42H. The van der Waals surface area contributed by atoms with Crippen molar-refractivity contribution in [3.8, 4) is 44.5 Å². The van der Waals surface area contributed by atoms with E-state index in [1.54, 1.807) is 0 Å². The first kappa shape index (κ1) is 40.3. The number of hydrogen-bond acceptors (Lipinski definition) is 2. The summed E-state index contributed by atoms with van der Waals surface area (Å²) >= 11 is 0. The summed E-state index contributed by atoms with van der Waals surface area (Å²) in [6, 6.07) is 93.8. The summed E-state index contributed by atoms with van der Waals surface area (Å²) in [5.41, 5.74) is 17.6. The largest absolute Gasteiger partial charge is 0.456 e. The summed E-state index contributed by atoms with van der Waals surface area (Å²) in [7, 11) is 0. The molecule has 0 aliphatic heterocycles. The normalized spacial score (nSPS) is 13.0. The van der Waals surface area contributed by atoms with Crippen molar-refractivity contribution in [1.29, 1.82) is 0 Å². The highest BCUT2D eigenvalue weighted by molar-refractivity contribution is 6.28. The lowest BCUT2D eigenvalue weighted by atomic mass is 9.67. The van der Waals surface area contributed by atoms with Crippen LogP contribution in [-0.2, 0) is 5.41 Å². The van der Waals surface area contributed by atoms with Crippen LogP contribution in [-0.4, -0.2) is 0 Å². The van der Waals surface area contributed by atoms with E-state index in [2.05, 4.69) is 255 Å². The molecule has 13 aromatic carbocycles. The third kappa shape index (κ3) is 5.52. The minimum atomic E-state index is -0.553. The molecule has 0 saturated heterocycles. The van der Waals surface area contributed by atoms with Gasteiger partial charge in [0.25, 0.3) is 0 Å². The van der Waals surface area contributed by atoms with Gasteiger partial charge in [-0.05, 0) is 140 Å². The van der Waals surface area contributed by atoms with Crippen LogP contribution in [0.1, 0.15) is 22.3 Å². The van der Waals surface area contributed by atoms with Gasteiger partial charge < -0.3 is 8.83 Å². The molecule has 0 saturated carbocycles. The quantitative estimate of drug-likeness (QED) is 0.161. The van der Waals surface area contributed by atoms with Crippen molar-refractivity contribution in [3.05, 3.63) is 277 Å². The van der Waals surface area contributed by atoms with Crippen LogP contribution in [0.4, 0.5) is 0 Å². The Hall–Kier alpha value is -9.50. The molecule has 2 aromatic heterocycles. The molecule has 0 atom stereocenters. The SMILES string of the molecule is c1ccc(C2(c3ccccc3)c3ccccc3-c3c(-c4c5cccc(-c6cccc7oc8ccc9ccccc9c8c67)c5cc5c(-c6cccc7oc8ccc9ccccc9c8c67)cccc45)cccc32)cc1. The zero-order valence-electron chi connectivity index (χ0n) is 39.6. The lowest BCUT2D eigenvalue weighted by Crippen LogP contribution is -2.28. The molecule has 1 aliphatic rings. The fraction of sp³-hybridized carbons (Fsp3) is 0.0141. The Kier molecular flexibility index (Phi) is 8.41. The highest BCUT2D eigenvalue weighted by atomic mass is 16.3. The summed E-state index contributed by atoms with van der Waals surface area (Å²) in [5.74, 6) is 0. The average molecular weight is 927 g/mol. The summed E-state index contributed by atoms with van der Waals surface area (Å²) in [4.78, 5) is 0. The van der Waals surface area contributed by atoms with Crippen molar-refractivity contribution in [2.24, 2.45) is 0 Å². The molecule has 0 spiro atoms. The summed E-state index contributed by atoms with van der Waals surface area (Å²) in [6.07, 6.45) is 0. The van der Waals surface area contributed by atoms with E-state index in [4.69, 9.17) is 8.83 Å². The monoisotopic (exact) mass is 926 g/mol. The van der Waals surface area contributed by atoms with Gasteiger partial charge in [0.15, 0.2) is 0 Å². The van der Waals surface area contributed by atoms with E-state index < -0.39 is 5.41 Å². The maximum Gasteiger partial charge on any atom is 0.136 e. The van der Waals surface area contributed by atoms with Gasteiger partial charge in [-0.15, -0.1) is 0 Å². The van der Waals surface area contributed by atoms with Crippen molar-refractivity contribution in [2.45, 2.75) is 5.41 Å². The van der Waals surface area contributed by atoms with Gasteiger partial charge in [-0.25, -0.2) is 0 Å². The molecule has 2 nitrogen and oxygen atoms in total. The Balaban J connectivity index is 1.07. The Bertz CT molecular complexity index is 4530. The summed E-state index contributed by atoms with van der Waals surface area (Å²) in [5, 5.41) is 14.0. The van der Waals surface area contributed by atoms with E-state index in [0.717, 1.165) is 66.1 Å². The highest BCUT2D eigenvalue weighted by Crippen LogP contribution is 2.60. The fourth-order valence-electron chi connectivity index (χ4n) is 13.3. The van der Waals surface area contributed by atoms with Gasteiger partial charge in [0.1, 0.15) is 22.3 Å². The zero-order valence-corrected chi connectivity index (χ0v) is 39.6. The number of fused-ring (bicyclic) bond motifs is 15. The second kappa shape index (κ2) is 15.3. The topological polar surface area (TPSA) is 26.3 Å². The first-order chi connectivity index (χ1) is 36.2. The number of hydrogen-bond donors (Lipinski definition) is 0. The summed E-state index contributed by atoms with van der Waals surface area (Å²) in [6.45, 7) is 0. The maximum atomic E-state index is 6.74. The van der Waals surface area contributed by atoms with Gasteiger partial charge in [0, 0.05) is 21.5 Å². The Labute approximate surface area is 420 Å². The smallest absolute Gasteiger partial charge is 0.136 e. The zero-order chi connectivity index (χ0) is 47.8. The maximum absolute atomic E-state index is 6.74. The van der Waals surface area contributed by atoms with Crippen LogP contribution in [0.25, 0.3) is 131 Å². The van der Waals surface area contributed by atoms with Gasteiger partial charge in [-0.2, -0.15) is 0 Å². The molecule has 0 bridgehead atoms. The van der Waals surface area contributed by atoms with E-state index in [1.165, 1.54) is 87.6 Å². The first-order valence-electron chi connectivity index (χ1n) is 25.2. The van der Waals surface area contributed by atoms with Crippen molar-refractivity contribution < 1.29 is 8.83 Å². The average Bonchev–Trinajstić information content (AvgIpc) is 4.16. The van der Waals surface area contributed by atoms with Crippen molar-refractivity contribution in [2.75, 3.05) is 0 Å².